The minimum atomic E-state index is -0.380. The fourth-order valence-corrected chi connectivity index (χ4v) is 1.24. The van der Waals surface area contributed by atoms with Crippen LogP contribution in [0, 0.1) is 0 Å². The van der Waals surface area contributed by atoms with E-state index in [0.717, 1.165) is 25.7 Å². The molecule has 0 aliphatic heterocycles. The van der Waals surface area contributed by atoms with Gasteiger partial charge in [-0.2, -0.15) is 0 Å². The third kappa shape index (κ3) is 7.87. The Morgan fingerprint density at radius 2 is 1.72 bits per heavy atom. The van der Waals surface area contributed by atoms with Crippen LogP contribution in [0.5, 0.6) is 0 Å². The number of hydrogen-bond donors (Lipinski definition) is 0. The monoisotopic (exact) mass is 256 g/mol. The van der Waals surface area contributed by atoms with E-state index >= 15 is 0 Å². The summed E-state index contributed by atoms with van der Waals surface area (Å²) in [6, 6.07) is 0. The van der Waals surface area contributed by atoms with Crippen molar-refractivity contribution in [1.29, 1.82) is 0 Å². The predicted octanol–water partition coefficient (Wildman–Crippen LogP) is 3.01. The molecule has 0 aromatic heterocycles. The standard InChI is InChI=1S/C14H24O4/c1-4-7-9-12(14(16)17-10-6-3)11-18-13(15)8-5-2/h9H,4-8,10-11H2,1-3H3. The first kappa shape index (κ1) is 16.7. The molecule has 0 atom stereocenters. The number of unbranched alkanes of at least 4 members (excludes halogenated alkanes) is 1. The Hall–Kier alpha value is -1.32. The van der Waals surface area contributed by atoms with Crippen molar-refractivity contribution in [3.8, 4) is 0 Å². The van der Waals surface area contributed by atoms with Crippen LogP contribution < -0.4 is 0 Å². The van der Waals surface area contributed by atoms with Crippen molar-refractivity contribution in [3.63, 3.8) is 0 Å². The maximum absolute atomic E-state index is 11.7. The molecule has 0 aromatic rings. The van der Waals surface area contributed by atoms with Crippen molar-refractivity contribution in [2.24, 2.45) is 0 Å². The van der Waals surface area contributed by atoms with Crippen LogP contribution in [0.4, 0.5) is 0 Å². The van der Waals surface area contributed by atoms with Gasteiger partial charge >= 0.3 is 11.9 Å². The van der Waals surface area contributed by atoms with Gasteiger partial charge < -0.3 is 9.47 Å². The van der Waals surface area contributed by atoms with Gasteiger partial charge in [0.2, 0.25) is 0 Å². The molecule has 18 heavy (non-hydrogen) atoms. The minimum Gasteiger partial charge on any atom is -0.462 e. The van der Waals surface area contributed by atoms with Gasteiger partial charge in [0.25, 0.3) is 0 Å². The fraction of sp³-hybridized carbons (Fsp3) is 0.714. The van der Waals surface area contributed by atoms with Gasteiger partial charge in [-0.15, -0.1) is 0 Å². The SMILES string of the molecule is CCCC=C(COC(=O)CCC)C(=O)OCCC. The van der Waals surface area contributed by atoms with Crippen LogP contribution in [0.3, 0.4) is 0 Å². The first-order valence-corrected chi connectivity index (χ1v) is 6.67. The van der Waals surface area contributed by atoms with Crippen LogP contribution in [-0.4, -0.2) is 25.2 Å². The van der Waals surface area contributed by atoms with E-state index in [4.69, 9.17) is 9.47 Å². The van der Waals surface area contributed by atoms with Gasteiger partial charge in [-0.05, 0) is 19.3 Å². The molecule has 0 aromatic carbocycles. The lowest BCUT2D eigenvalue weighted by molar-refractivity contribution is -0.144. The average molecular weight is 256 g/mol. The molecule has 4 nitrogen and oxygen atoms in total. The highest BCUT2D eigenvalue weighted by atomic mass is 16.5. The number of hydrogen-bond acceptors (Lipinski definition) is 4. The van der Waals surface area contributed by atoms with Crippen LogP contribution in [-0.2, 0) is 19.1 Å². The summed E-state index contributed by atoms with van der Waals surface area (Å²) in [4.78, 5) is 23.0. The van der Waals surface area contributed by atoms with E-state index in [9.17, 15) is 9.59 Å². The number of allylic oxidation sites excluding steroid dienone is 1. The summed E-state index contributed by atoms with van der Waals surface area (Å²) in [5.74, 6) is -0.655. The largest absolute Gasteiger partial charge is 0.462 e. The van der Waals surface area contributed by atoms with Crippen molar-refractivity contribution < 1.29 is 19.1 Å². The molecular formula is C14H24O4. The lowest BCUT2D eigenvalue weighted by Gasteiger charge is -2.08. The molecule has 0 amide bonds. The second-order valence-corrected chi connectivity index (χ2v) is 4.06. The first-order valence-electron chi connectivity index (χ1n) is 6.67. The van der Waals surface area contributed by atoms with Gasteiger partial charge in [0.05, 0.1) is 12.2 Å². The van der Waals surface area contributed by atoms with Crippen LogP contribution >= 0.6 is 0 Å². The molecule has 0 radical (unpaired) electrons. The summed E-state index contributed by atoms with van der Waals surface area (Å²) in [5, 5.41) is 0. The van der Waals surface area contributed by atoms with Gasteiger partial charge in [0, 0.05) is 6.42 Å². The number of rotatable bonds is 9. The summed E-state index contributed by atoms with van der Waals surface area (Å²) < 4.78 is 10.1. The maximum atomic E-state index is 11.7. The number of ether oxygens (including phenoxy) is 2. The quantitative estimate of drug-likeness (QED) is 0.470. The Balaban J connectivity index is 4.31. The molecule has 0 rings (SSSR count). The Morgan fingerprint density at radius 1 is 1.00 bits per heavy atom. The second kappa shape index (κ2) is 10.8. The van der Waals surface area contributed by atoms with Gasteiger partial charge in [0.1, 0.15) is 6.61 Å². The van der Waals surface area contributed by atoms with E-state index in [1.165, 1.54) is 0 Å². The molecule has 0 N–H and O–H groups in total. The van der Waals surface area contributed by atoms with Crippen molar-refractivity contribution in [3.05, 3.63) is 11.6 Å². The van der Waals surface area contributed by atoms with Crippen molar-refractivity contribution in [2.45, 2.75) is 52.9 Å². The summed E-state index contributed by atoms with van der Waals surface area (Å²) in [6.07, 6.45) is 5.41. The zero-order chi connectivity index (χ0) is 13.8. The molecule has 0 spiro atoms. The third-order valence-corrected chi connectivity index (χ3v) is 2.22. The van der Waals surface area contributed by atoms with Crippen molar-refractivity contribution in [2.75, 3.05) is 13.2 Å². The smallest absolute Gasteiger partial charge is 0.337 e. The third-order valence-electron chi connectivity index (χ3n) is 2.22. The second-order valence-electron chi connectivity index (χ2n) is 4.06. The normalized spacial score (nSPS) is 11.2. The van der Waals surface area contributed by atoms with Crippen LogP contribution in [0.1, 0.15) is 52.9 Å². The summed E-state index contributed by atoms with van der Waals surface area (Å²) in [7, 11) is 0. The lowest BCUT2D eigenvalue weighted by atomic mass is 10.2. The van der Waals surface area contributed by atoms with E-state index in [1.807, 2.05) is 20.8 Å². The van der Waals surface area contributed by atoms with Crippen LogP contribution in [0.2, 0.25) is 0 Å². The van der Waals surface area contributed by atoms with E-state index in [2.05, 4.69) is 0 Å². The molecule has 0 saturated carbocycles. The molecule has 0 saturated heterocycles. The average Bonchev–Trinajstić information content (AvgIpc) is 2.36. The molecule has 0 bridgehead atoms. The topological polar surface area (TPSA) is 52.6 Å². The Labute approximate surface area is 109 Å². The molecule has 0 heterocycles. The molecule has 0 unspecified atom stereocenters. The van der Waals surface area contributed by atoms with Gasteiger partial charge in [-0.25, -0.2) is 4.79 Å². The Kier molecular flexibility index (Phi) is 10.0. The maximum Gasteiger partial charge on any atom is 0.337 e. The van der Waals surface area contributed by atoms with E-state index in [0.29, 0.717) is 18.6 Å². The van der Waals surface area contributed by atoms with Crippen molar-refractivity contribution >= 4 is 11.9 Å². The van der Waals surface area contributed by atoms with Gasteiger partial charge in [-0.1, -0.05) is 33.3 Å². The highest BCUT2D eigenvalue weighted by Gasteiger charge is 2.12. The molecule has 104 valence electrons. The minimum absolute atomic E-state index is 0.0153. The number of carbonyl (C=O) groups is 2. The zero-order valence-electron chi connectivity index (χ0n) is 11.7. The molecule has 0 fully saturated rings. The number of carbonyl (C=O) groups excluding carboxylic acids is 2. The highest BCUT2D eigenvalue weighted by Crippen LogP contribution is 2.05. The summed E-state index contributed by atoms with van der Waals surface area (Å²) >= 11 is 0. The summed E-state index contributed by atoms with van der Waals surface area (Å²) in [5.41, 5.74) is 0.440. The Bertz CT molecular complexity index is 282. The van der Waals surface area contributed by atoms with Gasteiger partial charge in [-0.3, -0.25) is 4.79 Å². The van der Waals surface area contributed by atoms with Gasteiger partial charge in [0.15, 0.2) is 0 Å². The Morgan fingerprint density at radius 3 is 2.28 bits per heavy atom. The number of esters is 2. The van der Waals surface area contributed by atoms with E-state index < -0.39 is 0 Å². The van der Waals surface area contributed by atoms with Crippen LogP contribution in [0.25, 0.3) is 0 Å². The predicted molar refractivity (Wildman–Crippen MR) is 70.1 cm³/mol. The zero-order valence-corrected chi connectivity index (χ0v) is 11.7. The molecular weight excluding hydrogens is 232 g/mol. The van der Waals surface area contributed by atoms with Crippen LogP contribution in [0.15, 0.2) is 11.6 Å². The molecule has 4 heteroatoms. The van der Waals surface area contributed by atoms with E-state index in [-0.39, 0.29) is 18.5 Å². The van der Waals surface area contributed by atoms with Crippen molar-refractivity contribution in [1.82, 2.24) is 0 Å². The fourth-order valence-electron chi connectivity index (χ4n) is 1.24. The molecule has 0 aliphatic rings. The lowest BCUT2D eigenvalue weighted by Crippen LogP contribution is -2.16. The first-order chi connectivity index (χ1) is 8.65. The summed E-state index contributed by atoms with van der Waals surface area (Å²) in [6.45, 7) is 6.27. The highest BCUT2D eigenvalue weighted by molar-refractivity contribution is 5.89. The van der Waals surface area contributed by atoms with E-state index in [1.54, 1.807) is 6.08 Å². The molecule has 0 aliphatic carbocycles.